The first-order valence-electron chi connectivity index (χ1n) is 8.59. The first-order chi connectivity index (χ1) is 11.5. The number of benzene rings is 1. The fourth-order valence-electron chi connectivity index (χ4n) is 3.33. The van der Waals surface area contributed by atoms with Gasteiger partial charge >= 0.3 is 0 Å². The van der Waals surface area contributed by atoms with Gasteiger partial charge in [0, 0.05) is 31.7 Å². The van der Waals surface area contributed by atoms with E-state index >= 15 is 0 Å². The number of aryl methyl sites for hydroxylation is 2. The van der Waals surface area contributed by atoms with Gasteiger partial charge in [-0.3, -0.25) is 9.59 Å². The van der Waals surface area contributed by atoms with Crippen molar-refractivity contribution in [3.63, 3.8) is 0 Å². The predicted molar refractivity (Wildman–Crippen MR) is 93.8 cm³/mol. The van der Waals surface area contributed by atoms with Crippen molar-refractivity contribution in [2.45, 2.75) is 40.2 Å². The molecule has 0 radical (unpaired) electrons. The Bertz CT molecular complexity index is 781. The van der Waals surface area contributed by atoms with E-state index in [0.717, 1.165) is 35.5 Å². The smallest absolute Gasteiger partial charge is 0.229 e. The zero-order chi connectivity index (χ0) is 17.3. The molecule has 1 saturated heterocycles. The zero-order valence-electron chi connectivity index (χ0n) is 14.5. The number of nitrogens with zero attached hydrogens (tertiary/aromatic N) is 3. The number of nitrogens with one attached hydrogen (secondary N) is 1. The Hall–Kier alpha value is -2.37. The second-order valence-corrected chi connectivity index (χ2v) is 6.34. The first-order valence-corrected chi connectivity index (χ1v) is 8.59. The Kier molecular flexibility index (Phi) is 4.55. The molecule has 1 atom stereocenters. The van der Waals surface area contributed by atoms with E-state index < -0.39 is 0 Å². The highest BCUT2D eigenvalue weighted by Gasteiger charge is 2.33. The zero-order valence-corrected chi connectivity index (χ0v) is 14.5. The van der Waals surface area contributed by atoms with E-state index in [1.807, 2.05) is 32.0 Å². The first kappa shape index (κ1) is 16.5. The van der Waals surface area contributed by atoms with Crippen LogP contribution in [0.3, 0.4) is 0 Å². The van der Waals surface area contributed by atoms with Gasteiger partial charge in [-0.05, 0) is 38.5 Å². The van der Waals surface area contributed by atoms with Crippen LogP contribution in [-0.2, 0) is 16.1 Å². The standard InChI is InChI=1S/C18H24N4O2/c1-4-8-22-12(3)19-15-10-14(6-7-16(15)22)20-18(24)13-9-17(23)21(5-2)11-13/h6-7,10,13H,4-5,8-9,11H2,1-3H3,(H,20,24). The Morgan fingerprint density at radius 2 is 2.17 bits per heavy atom. The number of carbonyl (C=O) groups is 2. The third-order valence-corrected chi connectivity index (χ3v) is 4.62. The van der Waals surface area contributed by atoms with Gasteiger partial charge in [0.15, 0.2) is 0 Å². The van der Waals surface area contributed by atoms with Crippen LogP contribution >= 0.6 is 0 Å². The lowest BCUT2D eigenvalue weighted by Gasteiger charge is -2.13. The molecule has 6 heteroatoms. The molecule has 0 saturated carbocycles. The maximum Gasteiger partial charge on any atom is 0.229 e. The summed E-state index contributed by atoms with van der Waals surface area (Å²) in [5.41, 5.74) is 2.70. The molecule has 2 aromatic rings. The molecule has 24 heavy (non-hydrogen) atoms. The lowest BCUT2D eigenvalue weighted by Crippen LogP contribution is -2.28. The van der Waals surface area contributed by atoms with Crippen molar-refractivity contribution in [3.05, 3.63) is 24.0 Å². The van der Waals surface area contributed by atoms with Crippen LogP contribution in [0.5, 0.6) is 0 Å². The van der Waals surface area contributed by atoms with E-state index in [2.05, 4.69) is 21.8 Å². The molecule has 1 aromatic heterocycles. The molecular formula is C18H24N4O2. The molecular weight excluding hydrogens is 304 g/mol. The summed E-state index contributed by atoms with van der Waals surface area (Å²) in [5, 5.41) is 2.93. The SMILES string of the molecule is CCCn1c(C)nc2cc(NC(=O)C3CC(=O)N(CC)C3)ccc21. The highest BCUT2D eigenvalue weighted by atomic mass is 16.2. The van der Waals surface area contributed by atoms with E-state index in [1.165, 1.54) is 0 Å². The molecule has 1 N–H and O–H groups in total. The summed E-state index contributed by atoms with van der Waals surface area (Å²) in [6.07, 6.45) is 1.35. The summed E-state index contributed by atoms with van der Waals surface area (Å²) < 4.78 is 2.19. The van der Waals surface area contributed by atoms with Gasteiger partial charge in [0.2, 0.25) is 11.8 Å². The van der Waals surface area contributed by atoms with E-state index in [9.17, 15) is 9.59 Å². The minimum Gasteiger partial charge on any atom is -0.342 e. The minimum absolute atomic E-state index is 0.0574. The average molecular weight is 328 g/mol. The summed E-state index contributed by atoms with van der Waals surface area (Å²) in [4.78, 5) is 30.5. The van der Waals surface area contributed by atoms with Gasteiger partial charge in [-0.2, -0.15) is 0 Å². The monoisotopic (exact) mass is 328 g/mol. The summed E-state index contributed by atoms with van der Waals surface area (Å²) in [6.45, 7) is 8.17. The third kappa shape index (κ3) is 3.00. The second kappa shape index (κ2) is 6.63. The van der Waals surface area contributed by atoms with Gasteiger partial charge in [-0.25, -0.2) is 4.98 Å². The van der Waals surface area contributed by atoms with Crippen molar-refractivity contribution >= 4 is 28.5 Å². The number of aromatic nitrogens is 2. The van der Waals surface area contributed by atoms with Gasteiger partial charge in [-0.15, -0.1) is 0 Å². The van der Waals surface area contributed by atoms with Crippen LogP contribution in [0, 0.1) is 12.8 Å². The molecule has 128 valence electrons. The van der Waals surface area contributed by atoms with E-state index in [4.69, 9.17) is 0 Å². The van der Waals surface area contributed by atoms with E-state index in [0.29, 0.717) is 19.5 Å². The predicted octanol–water partition coefficient (Wildman–Crippen LogP) is 2.56. The van der Waals surface area contributed by atoms with Gasteiger partial charge in [0.1, 0.15) is 5.82 Å². The van der Waals surface area contributed by atoms with Crippen LogP contribution < -0.4 is 5.32 Å². The number of amides is 2. The van der Waals surface area contributed by atoms with Gasteiger partial charge in [-0.1, -0.05) is 6.92 Å². The molecule has 6 nitrogen and oxygen atoms in total. The Morgan fingerprint density at radius 1 is 1.38 bits per heavy atom. The van der Waals surface area contributed by atoms with E-state index in [-0.39, 0.29) is 17.7 Å². The number of likely N-dealkylation sites (tertiary alicyclic amines) is 1. The van der Waals surface area contributed by atoms with Gasteiger partial charge < -0.3 is 14.8 Å². The minimum atomic E-state index is -0.271. The lowest BCUT2D eigenvalue weighted by molar-refractivity contribution is -0.128. The number of hydrogen-bond donors (Lipinski definition) is 1. The quantitative estimate of drug-likeness (QED) is 0.917. The molecule has 0 aliphatic carbocycles. The molecule has 2 heterocycles. The van der Waals surface area contributed by atoms with Crippen LogP contribution in [-0.4, -0.2) is 39.4 Å². The highest BCUT2D eigenvalue weighted by Crippen LogP contribution is 2.23. The average Bonchev–Trinajstić information content (AvgIpc) is 3.08. The number of rotatable bonds is 5. The Balaban J connectivity index is 1.76. The molecule has 3 rings (SSSR count). The highest BCUT2D eigenvalue weighted by molar-refractivity contribution is 5.98. The number of anilines is 1. The molecule has 1 aromatic carbocycles. The number of imidazole rings is 1. The normalized spacial score (nSPS) is 17.7. The summed E-state index contributed by atoms with van der Waals surface area (Å²) >= 11 is 0. The third-order valence-electron chi connectivity index (χ3n) is 4.62. The van der Waals surface area contributed by atoms with Crippen LogP contribution in [0.1, 0.15) is 32.5 Å². The van der Waals surface area contributed by atoms with Gasteiger partial charge in [0.05, 0.1) is 17.0 Å². The second-order valence-electron chi connectivity index (χ2n) is 6.34. The number of hydrogen-bond acceptors (Lipinski definition) is 3. The maximum atomic E-state index is 12.4. The molecule has 0 bridgehead atoms. The molecule has 1 fully saturated rings. The van der Waals surface area contributed by atoms with Crippen molar-refractivity contribution in [2.24, 2.45) is 5.92 Å². The van der Waals surface area contributed by atoms with Crippen molar-refractivity contribution in [1.29, 1.82) is 0 Å². The van der Waals surface area contributed by atoms with Gasteiger partial charge in [0.25, 0.3) is 0 Å². The number of carbonyl (C=O) groups excluding carboxylic acids is 2. The maximum absolute atomic E-state index is 12.4. The van der Waals surface area contributed by atoms with Crippen molar-refractivity contribution in [1.82, 2.24) is 14.5 Å². The van der Waals surface area contributed by atoms with Crippen LogP contribution in [0.2, 0.25) is 0 Å². The van der Waals surface area contributed by atoms with E-state index in [1.54, 1.807) is 4.90 Å². The topological polar surface area (TPSA) is 67.2 Å². The van der Waals surface area contributed by atoms with Crippen LogP contribution in [0.4, 0.5) is 5.69 Å². The van der Waals surface area contributed by atoms with Crippen LogP contribution in [0.25, 0.3) is 11.0 Å². The molecule has 1 aliphatic heterocycles. The Morgan fingerprint density at radius 3 is 2.83 bits per heavy atom. The fourth-order valence-corrected chi connectivity index (χ4v) is 3.33. The Labute approximate surface area is 141 Å². The molecule has 0 spiro atoms. The molecule has 1 aliphatic rings. The summed E-state index contributed by atoms with van der Waals surface area (Å²) in [7, 11) is 0. The van der Waals surface area contributed by atoms with Crippen molar-refractivity contribution < 1.29 is 9.59 Å². The fraction of sp³-hybridized carbons (Fsp3) is 0.500. The summed E-state index contributed by atoms with van der Waals surface area (Å²) in [5.74, 6) is 0.674. The lowest BCUT2D eigenvalue weighted by atomic mass is 10.1. The van der Waals surface area contributed by atoms with Crippen molar-refractivity contribution in [2.75, 3.05) is 18.4 Å². The summed E-state index contributed by atoms with van der Waals surface area (Å²) in [6, 6.07) is 5.81. The molecule has 2 amide bonds. The van der Waals surface area contributed by atoms with Crippen molar-refractivity contribution in [3.8, 4) is 0 Å². The molecule has 1 unspecified atom stereocenters. The largest absolute Gasteiger partial charge is 0.342 e. The van der Waals surface area contributed by atoms with Crippen LogP contribution in [0.15, 0.2) is 18.2 Å². The number of fused-ring (bicyclic) bond motifs is 1.